The van der Waals surface area contributed by atoms with E-state index in [2.05, 4.69) is 10.1 Å². The minimum Gasteiger partial charge on any atom is -0.491 e. The van der Waals surface area contributed by atoms with Crippen molar-refractivity contribution >= 4 is 21.4 Å². The Balaban J connectivity index is 1.81. The van der Waals surface area contributed by atoms with Gasteiger partial charge in [0.2, 0.25) is 10.1 Å². The van der Waals surface area contributed by atoms with Gasteiger partial charge in [-0.25, -0.2) is 4.98 Å². The van der Waals surface area contributed by atoms with E-state index in [4.69, 9.17) is 4.74 Å². The first-order valence-electron chi connectivity index (χ1n) is 7.34. The highest BCUT2D eigenvalue weighted by atomic mass is 32.1. The predicted octanol–water partition coefficient (Wildman–Crippen LogP) is 2.57. The second-order valence-electron chi connectivity index (χ2n) is 5.53. The van der Waals surface area contributed by atoms with Gasteiger partial charge in [-0.15, -0.1) is 5.10 Å². The van der Waals surface area contributed by atoms with Crippen LogP contribution in [0.3, 0.4) is 0 Å². The van der Waals surface area contributed by atoms with Crippen molar-refractivity contribution in [3.63, 3.8) is 0 Å². The van der Waals surface area contributed by atoms with Crippen LogP contribution in [-0.4, -0.2) is 27.7 Å². The molecule has 2 heterocycles. The van der Waals surface area contributed by atoms with E-state index in [9.17, 15) is 4.79 Å². The number of hydrogen-bond acceptors (Lipinski definition) is 6. The maximum absolute atomic E-state index is 11.8. The maximum atomic E-state index is 11.8. The van der Waals surface area contributed by atoms with Gasteiger partial charge in [-0.05, 0) is 31.5 Å². The van der Waals surface area contributed by atoms with Crippen LogP contribution >= 0.6 is 11.3 Å². The second kappa shape index (κ2) is 6.37. The Kier molecular flexibility index (Phi) is 4.29. The quantitative estimate of drug-likeness (QED) is 0.719. The standard InChI is InChI=1S/C16H18N4O2S/c1-11(2)22-13-6-4-5-12(9-13)10-19(3)16-18-20-14(21)7-8-17-15(20)23-16/h4-9,11H,10H2,1-3H3. The average molecular weight is 330 g/mol. The van der Waals surface area contributed by atoms with Crippen LogP contribution in [0.2, 0.25) is 0 Å². The van der Waals surface area contributed by atoms with Crippen LogP contribution in [0.1, 0.15) is 19.4 Å². The number of ether oxygens (including phenoxy) is 1. The lowest BCUT2D eigenvalue weighted by atomic mass is 10.2. The average Bonchev–Trinajstić information content (AvgIpc) is 2.92. The summed E-state index contributed by atoms with van der Waals surface area (Å²) in [7, 11) is 1.94. The van der Waals surface area contributed by atoms with Gasteiger partial charge in [-0.2, -0.15) is 4.52 Å². The van der Waals surface area contributed by atoms with Crippen LogP contribution in [-0.2, 0) is 6.54 Å². The van der Waals surface area contributed by atoms with Crippen LogP contribution in [0.15, 0.2) is 41.3 Å². The summed E-state index contributed by atoms with van der Waals surface area (Å²) in [6.45, 7) is 4.68. The highest BCUT2D eigenvalue weighted by Gasteiger charge is 2.11. The number of fused-ring (bicyclic) bond motifs is 1. The summed E-state index contributed by atoms with van der Waals surface area (Å²) in [5.74, 6) is 0.855. The Morgan fingerprint density at radius 2 is 2.17 bits per heavy atom. The molecule has 0 amide bonds. The zero-order valence-electron chi connectivity index (χ0n) is 13.3. The summed E-state index contributed by atoms with van der Waals surface area (Å²) in [5.41, 5.74) is 0.948. The molecule has 0 spiro atoms. The highest BCUT2D eigenvalue weighted by Crippen LogP contribution is 2.22. The van der Waals surface area contributed by atoms with Crippen molar-refractivity contribution in [1.82, 2.24) is 14.6 Å². The Morgan fingerprint density at radius 1 is 1.35 bits per heavy atom. The van der Waals surface area contributed by atoms with Gasteiger partial charge < -0.3 is 9.64 Å². The van der Waals surface area contributed by atoms with Gasteiger partial charge >= 0.3 is 0 Å². The lowest BCUT2D eigenvalue weighted by Gasteiger charge is -2.16. The molecule has 2 aromatic heterocycles. The van der Waals surface area contributed by atoms with Crippen molar-refractivity contribution in [1.29, 1.82) is 0 Å². The van der Waals surface area contributed by atoms with Crippen LogP contribution < -0.4 is 15.2 Å². The second-order valence-corrected chi connectivity index (χ2v) is 6.47. The number of benzene rings is 1. The van der Waals surface area contributed by atoms with Gasteiger partial charge in [-0.3, -0.25) is 4.79 Å². The van der Waals surface area contributed by atoms with Crippen molar-refractivity contribution < 1.29 is 4.74 Å². The molecule has 0 aliphatic heterocycles. The van der Waals surface area contributed by atoms with Crippen molar-refractivity contribution in [2.75, 3.05) is 11.9 Å². The molecule has 3 rings (SSSR count). The summed E-state index contributed by atoms with van der Waals surface area (Å²) in [5, 5.41) is 5.08. The molecule has 0 fully saturated rings. The fourth-order valence-electron chi connectivity index (χ4n) is 2.22. The largest absolute Gasteiger partial charge is 0.491 e. The smallest absolute Gasteiger partial charge is 0.275 e. The summed E-state index contributed by atoms with van der Waals surface area (Å²) in [4.78, 5) is 18.5. The van der Waals surface area contributed by atoms with Crippen molar-refractivity contribution in [3.8, 4) is 5.75 Å². The molecule has 0 N–H and O–H groups in total. The molecule has 0 unspecified atom stereocenters. The highest BCUT2D eigenvalue weighted by molar-refractivity contribution is 7.20. The summed E-state index contributed by atoms with van der Waals surface area (Å²) >= 11 is 1.39. The molecular weight excluding hydrogens is 312 g/mol. The molecule has 0 bridgehead atoms. The molecule has 0 saturated carbocycles. The number of hydrogen-bond donors (Lipinski definition) is 0. The first-order chi connectivity index (χ1) is 11.0. The third kappa shape index (κ3) is 3.50. The number of aromatic nitrogens is 3. The third-order valence-corrected chi connectivity index (χ3v) is 4.21. The molecule has 7 heteroatoms. The SMILES string of the molecule is CC(C)Oc1cccc(CN(C)c2nn3c(=O)ccnc3s2)c1. The molecule has 0 saturated heterocycles. The first-order valence-corrected chi connectivity index (χ1v) is 8.16. The fraction of sp³-hybridized carbons (Fsp3) is 0.312. The molecular formula is C16H18N4O2S. The van der Waals surface area contributed by atoms with Crippen LogP contribution in [0.5, 0.6) is 5.75 Å². The van der Waals surface area contributed by atoms with E-state index < -0.39 is 0 Å². The van der Waals surface area contributed by atoms with E-state index in [1.165, 1.54) is 28.1 Å². The topological polar surface area (TPSA) is 59.7 Å². The zero-order chi connectivity index (χ0) is 16.4. The molecule has 120 valence electrons. The molecule has 0 aliphatic carbocycles. The number of rotatable bonds is 5. The summed E-state index contributed by atoms with van der Waals surface area (Å²) in [6, 6.07) is 9.40. The van der Waals surface area contributed by atoms with E-state index in [1.54, 1.807) is 0 Å². The van der Waals surface area contributed by atoms with Gasteiger partial charge in [0, 0.05) is 25.9 Å². The Bertz CT molecular complexity index is 872. The van der Waals surface area contributed by atoms with E-state index in [1.807, 2.05) is 50.1 Å². The van der Waals surface area contributed by atoms with Crippen molar-refractivity contribution in [2.24, 2.45) is 0 Å². The van der Waals surface area contributed by atoms with Crippen molar-refractivity contribution in [2.45, 2.75) is 26.5 Å². The Labute approximate surface area is 138 Å². The van der Waals surface area contributed by atoms with Gasteiger partial charge in [0.1, 0.15) is 5.75 Å². The first kappa shape index (κ1) is 15.5. The minimum absolute atomic E-state index is 0.144. The molecule has 0 atom stereocenters. The van der Waals surface area contributed by atoms with Gasteiger partial charge in [-0.1, -0.05) is 23.5 Å². The fourth-order valence-corrected chi connectivity index (χ4v) is 3.06. The molecule has 0 radical (unpaired) electrons. The monoisotopic (exact) mass is 330 g/mol. The zero-order valence-corrected chi connectivity index (χ0v) is 14.1. The van der Waals surface area contributed by atoms with Gasteiger partial charge in [0.05, 0.1) is 6.10 Å². The van der Waals surface area contributed by atoms with Crippen LogP contribution in [0, 0.1) is 0 Å². The normalized spacial score (nSPS) is 11.1. The number of anilines is 1. The van der Waals surface area contributed by atoms with E-state index in [0.717, 1.165) is 16.4 Å². The third-order valence-electron chi connectivity index (χ3n) is 3.18. The molecule has 1 aromatic carbocycles. The predicted molar refractivity (Wildman–Crippen MR) is 91.4 cm³/mol. The van der Waals surface area contributed by atoms with E-state index in [0.29, 0.717) is 11.5 Å². The summed E-state index contributed by atoms with van der Waals surface area (Å²) < 4.78 is 7.05. The molecule has 6 nitrogen and oxygen atoms in total. The van der Waals surface area contributed by atoms with Gasteiger partial charge in [0.25, 0.3) is 5.56 Å². The lowest BCUT2D eigenvalue weighted by Crippen LogP contribution is -2.18. The summed E-state index contributed by atoms with van der Waals surface area (Å²) in [6.07, 6.45) is 1.65. The van der Waals surface area contributed by atoms with E-state index >= 15 is 0 Å². The van der Waals surface area contributed by atoms with Crippen LogP contribution in [0.4, 0.5) is 5.13 Å². The van der Waals surface area contributed by atoms with E-state index in [-0.39, 0.29) is 11.7 Å². The molecule has 23 heavy (non-hydrogen) atoms. The lowest BCUT2D eigenvalue weighted by molar-refractivity contribution is 0.242. The molecule has 0 aliphatic rings. The maximum Gasteiger partial charge on any atom is 0.275 e. The molecule has 3 aromatic rings. The van der Waals surface area contributed by atoms with Gasteiger partial charge in [0.15, 0.2) is 0 Å². The minimum atomic E-state index is -0.168. The Morgan fingerprint density at radius 3 is 2.91 bits per heavy atom. The number of nitrogens with zero attached hydrogens (tertiary/aromatic N) is 4. The van der Waals surface area contributed by atoms with Crippen molar-refractivity contribution in [3.05, 3.63) is 52.4 Å². The Hall–Kier alpha value is -2.41. The van der Waals surface area contributed by atoms with Crippen LogP contribution in [0.25, 0.3) is 4.96 Å².